The fourth-order valence-electron chi connectivity index (χ4n) is 4.20. The molecule has 0 aromatic heterocycles. The summed E-state index contributed by atoms with van der Waals surface area (Å²) in [6, 6.07) is 27.5. The van der Waals surface area contributed by atoms with Gasteiger partial charge in [0.05, 0.1) is 6.61 Å². The van der Waals surface area contributed by atoms with Crippen molar-refractivity contribution in [1.29, 1.82) is 0 Å². The molecule has 1 aliphatic carbocycles. The minimum atomic E-state index is -1.50. The fraction of sp³-hybridized carbons (Fsp3) is 0.259. The van der Waals surface area contributed by atoms with Crippen molar-refractivity contribution in [2.45, 2.75) is 39.0 Å². The van der Waals surface area contributed by atoms with Gasteiger partial charge in [-0.25, -0.2) is 0 Å². The molecule has 0 saturated heterocycles. The number of aliphatic hydroxyl groups excluding tert-OH is 1. The number of benzene rings is 3. The monoisotopic (exact) mass is 413 g/mol. The molecule has 0 fully saturated rings. The van der Waals surface area contributed by atoms with Gasteiger partial charge in [-0.15, -0.1) is 0 Å². The Kier molecular flexibility index (Phi) is 5.93. The molecule has 1 aliphatic rings. The molecule has 4 rings (SSSR count). The highest BCUT2D eigenvalue weighted by Gasteiger charge is 2.30. The molecule has 0 saturated carbocycles. The van der Waals surface area contributed by atoms with E-state index in [1.54, 1.807) is 0 Å². The zero-order valence-electron chi connectivity index (χ0n) is 18.0. The van der Waals surface area contributed by atoms with Crippen molar-refractivity contribution >= 4 is 25.2 Å². The third-order valence-corrected chi connectivity index (χ3v) is 7.82. The van der Waals surface area contributed by atoms with E-state index in [0.29, 0.717) is 0 Å². The van der Waals surface area contributed by atoms with Crippen LogP contribution in [0.1, 0.15) is 43.9 Å². The van der Waals surface area contributed by atoms with Crippen LogP contribution in [0.25, 0.3) is 5.76 Å². The van der Waals surface area contributed by atoms with Crippen molar-refractivity contribution in [2.75, 3.05) is 6.61 Å². The van der Waals surface area contributed by atoms with Crippen LogP contribution in [0.4, 0.5) is 0 Å². The molecular weight excluding hydrogens is 384 g/mol. The molecule has 3 heteroatoms. The van der Waals surface area contributed by atoms with Crippen LogP contribution in [-0.2, 0) is 16.3 Å². The number of hydrogen-bond donors (Lipinski definition) is 1. The van der Waals surface area contributed by atoms with Gasteiger partial charge >= 0.3 is 9.04 Å². The first-order valence-electron chi connectivity index (χ1n) is 10.6. The van der Waals surface area contributed by atoms with Gasteiger partial charge < -0.3 is 9.53 Å². The summed E-state index contributed by atoms with van der Waals surface area (Å²) >= 11 is 0. The van der Waals surface area contributed by atoms with Crippen LogP contribution >= 0.6 is 0 Å². The van der Waals surface area contributed by atoms with E-state index in [9.17, 15) is 5.11 Å². The first-order chi connectivity index (χ1) is 14.5. The van der Waals surface area contributed by atoms with E-state index in [0.717, 1.165) is 29.7 Å². The van der Waals surface area contributed by atoms with Crippen LogP contribution in [0.3, 0.4) is 0 Å². The van der Waals surface area contributed by atoms with E-state index in [4.69, 9.17) is 4.43 Å². The molecule has 0 unspecified atom stereocenters. The molecule has 2 nitrogen and oxygen atoms in total. The lowest BCUT2D eigenvalue weighted by Crippen LogP contribution is -2.44. The second-order valence-corrected chi connectivity index (χ2v) is 10.9. The maximum Gasteiger partial charge on any atom is 0.352 e. The number of rotatable bonds is 5. The van der Waals surface area contributed by atoms with Crippen molar-refractivity contribution in [2.24, 2.45) is 0 Å². The second kappa shape index (κ2) is 8.63. The Morgan fingerprint density at radius 1 is 0.800 bits per heavy atom. The van der Waals surface area contributed by atoms with Crippen LogP contribution in [0.5, 0.6) is 0 Å². The first-order valence-corrected chi connectivity index (χ1v) is 12.0. The van der Waals surface area contributed by atoms with Gasteiger partial charge in [0.1, 0.15) is 5.76 Å². The molecule has 30 heavy (non-hydrogen) atoms. The van der Waals surface area contributed by atoms with Gasteiger partial charge in [-0.1, -0.05) is 99.6 Å². The molecular formula is C27H29O2Si. The van der Waals surface area contributed by atoms with Gasteiger partial charge in [-0.2, -0.15) is 0 Å². The summed E-state index contributed by atoms with van der Waals surface area (Å²) in [4.78, 5) is 0. The summed E-state index contributed by atoms with van der Waals surface area (Å²) in [6.07, 6.45) is 1.79. The maximum absolute atomic E-state index is 10.1. The Labute approximate surface area is 181 Å². The normalized spacial score (nSPS) is 14.0. The average Bonchev–Trinajstić information content (AvgIpc) is 2.77. The minimum absolute atomic E-state index is 0.0350. The lowest BCUT2D eigenvalue weighted by atomic mass is 9.78. The smallest absolute Gasteiger partial charge is 0.352 e. The van der Waals surface area contributed by atoms with E-state index in [2.05, 4.69) is 87.5 Å². The number of fused-ring (bicyclic) bond motifs is 1. The third kappa shape index (κ3) is 4.14. The van der Waals surface area contributed by atoms with Crippen LogP contribution in [-0.4, -0.2) is 20.8 Å². The molecule has 153 valence electrons. The maximum atomic E-state index is 10.1. The lowest BCUT2D eigenvalue weighted by molar-refractivity contribution is 0.322. The molecule has 0 atom stereocenters. The van der Waals surface area contributed by atoms with Crippen LogP contribution < -0.4 is 10.4 Å². The van der Waals surface area contributed by atoms with Gasteiger partial charge in [-0.05, 0) is 45.3 Å². The Balaban J connectivity index is 1.83. The highest BCUT2D eigenvalue weighted by Crippen LogP contribution is 2.38. The van der Waals surface area contributed by atoms with Gasteiger partial charge in [0.15, 0.2) is 0 Å². The molecule has 1 N–H and O–H groups in total. The highest BCUT2D eigenvalue weighted by atomic mass is 28.3. The topological polar surface area (TPSA) is 29.5 Å². The number of hydrogen-bond acceptors (Lipinski definition) is 2. The van der Waals surface area contributed by atoms with Crippen molar-refractivity contribution in [3.63, 3.8) is 0 Å². The first kappa shape index (κ1) is 20.6. The van der Waals surface area contributed by atoms with Crippen LogP contribution in [0, 0.1) is 0 Å². The summed E-state index contributed by atoms with van der Waals surface area (Å²) in [6.45, 7) is 6.82. The quantitative estimate of drug-likeness (QED) is 0.626. The minimum Gasteiger partial charge on any atom is -0.532 e. The summed E-state index contributed by atoms with van der Waals surface area (Å²) in [5, 5.41) is 12.6. The summed E-state index contributed by atoms with van der Waals surface area (Å²) in [5.74, 6) is 0.881. The number of aliphatic hydroxyl groups is 1. The van der Waals surface area contributed by atoms with Crippen LogP contribution in [0.15, 0.2) is 84.4 Å². The third-order valence-electron chi connectivity index (χ3n) is 5.69. The predicted octanol–water partition coefficient (Wildman–Crippen LogP) is 4.46. The zero-order valence-corrected chi connectivity index (χ0v) is 19.0. The largest absolute Gasteiger partial charge is 0.532 e. The molecule has 3 aromatic rings. The van der Waals surface area contributed by atoms with Crippen molar-refractivity contribution in [1.82, 2.24) is 0 Å². The van der Waals surface area contributed by atoms with Crippen LogP contribution in [0.2, 0.25) is 0 Å². The van der Waals surface area contributed by atoms with Gasteiger partial charge in [0, 0.05) is 5.56 Å². The summed E-state index contributed by atoms with van der Waals surface area (Å²) in [5.41, 5.74) is 4.95. The van der Waals surface area contributed by atoms with Crippen molar-refractivity contribution in [3.8, 4) is 0 Å². The zero-order chi connectivity index (χ0) is 21.1. The molecule has 0 bridgehead atoms. The van der Waals surface area contributed by atoms with E-state index >= 15 is 0 Å². The Morgan fingerprint density at radius 2 is 1.40 bits per heavy atom. The highest BCUT2D eigenvalue weighted by molar-refractivity contribution is 6.80. The van der Waals surface area contributed by atoms with E-state index in [-0.39, 0.29) is 12.0 Å². The lowest BCUT2D eigenvalue weighted by Gasteiger charge is -2.31. The van der Waals surface area contributed by atoms with E-state index in [1.807, 2.05) is 12.1 Å². The van der Waals surface area contributed by atoms with Gasteiger partial charge in [0.25, 0.3) is 0 Å². The Morgan fingerprint density at radius 3 is 1.93 bits per heavy atom. The second-order valence-electron chi connectivity index (χ2n) is 8.84. The summed E-state index contributed by atoms with van der Waals surface area (Å²) in [7, 11) is -1.50. The molecule has 3 aromatic carbocycles. The SMILES string of the molecule is CC(C)(C)c1cccc2c1CCC(CO)=C2O[Si](c1ccccc1)c1ccccc1. The van der Waals surface area contributed by atoms with E-state index < -0.39 is 9.04 Å². The van der Waals surface area contributed by atoms with E-state index in [1.165, 1.54) is 21.5 Å². The molecule has 1 radical (unpaired) electrons. The molecule has 0 amide bonds. The molecule has 0 heterocycles. The fourth-order valence-corrected chi connectivity index (χ4v) is 6.21. The molecule has 0 aliphatic heterocycles. The average molecular weight is 414 g/mol. The summed E-state index contributed by atoms with van der Waals surface area (Å²) < 4.78 is 6.88. The van der Waals surface area contributed by atoms with Crippen molar-refractivity contribution < 1.29 is 9.53 Å². The van der Waals surface area contributed by atoms with Crippen molar-refractivity contribution in [3.05, 3.63) is 101 Å². The Bertz CT molecular complexity index is 994. The Hall–Kier alpha value is -2.62. The van der Waals surface area contributed by atoms with Gasteiger partial charge in [-0.3, -0.25) is 0 Å². The predicted molar refractivity (Wildman–Crippen MR) is 126 cm³/mol. The van der Waals surface area contributed by atoms with Gasteiger partial charge in [0.2, 0.25) is 0 Å². The molecule has 0 spiro atoms. The standard InChI is InChI=1S/C27H29O2Si/c1-27(2,3)25-16-10-15-24-23(25)18-17-20(19-28)26(24)29-30(21-11-6-4-7-12-21)22-13-8-5-9-14-22/h4-16,28H,17-19H2,1-3H3.